The standard InChI is InChI=1S/C46H88O6/c1-4-7-10-13-16-19-22-24-27-30-33-36-39-45(48)51-42-43(41-50-44(47)38-35-32-29-26-21-18-15-12-9-6-3)52-46(49)40-37-34-31-28-25-23-20-17-14-11-8-5-2/h43H,4-42H2,1-3H3/t43-/m1/s1. The first kappa shape index (κ1) is 50.4. The summed E-state index contributed by atoms with van der Waals surface area (Å²) in [5.74, 6) is -0.852. The number of carbonyl (C=O) groups excluding carboxylic acids is 3. The molecule has 0 fully saturated rings. The van der Waals surface area contributed by atoms with Gasteiger partial charge in [-0.2, -0.15) is 0 Å². The summed E-state index contributed by atoms with van der Waals surface area (Å²) in [4.78, 5) is 37.7. The molecule has 1 atom stereocenters. The number of esters is 3. The molecule has 0 N–H and O–H groups in total. The van der Waals surface area contributed by atoms with E-state index in [4.69, 9.17) is 14.2 Å². The topological polar surface area (TPSA) is 78.9 Å². The quantitative estimate of drug-likeness (QED) is 0.0353. The minimum absolute atomic E-state index is 0.0627. The zero-order chi connectivity index (χ0) is 38.0. The molecule has 0 aliphatic carbocycles. The SMILES string of the molecule is CCCCCCCCCCCCCCC(=O)OC[C@@H](COC(=O)CCCCCCCCCCCC)OC(=O)CCCCCCCCCCCCCC. The highest BCUT2D eigenvalue weighted by atomic mass is 16.6. The molecule has 0 rings (SSSR count). The van der Waals surface area contributed by atoms with Crippen molar-refractivity contribution >= 4 is 17.9 Å². The van der Waals surface area contributed by atoms with Crippen molar-refractivity contribution in [1.29, 1.82) is 0 Å². The van der Waals surface area contributed by atoms with E-state index >= 15 is 0 Å². The molecule has 0 amide bonds. The molecule has 6 nitrogen and oxygen atoms in total. The molecule has 0 saturated carbocycles. The second-order valence-corrected chi connectivity index (χ2v) is 15.7. The Labute approximate surface area is 323 Å². The van der Waals surface area contributed by atoms with Crippen molar-refractivity contribution in [3.8, 4) is 0 Å². The predicted molar refractivity (Wildman–Crippen MR) is 220 cm³/mol. The number of unbranched alkanes of at least 4 members (excludes halogenated alkanes) is 31. The van der Waals surface area contributed by atoms with E-state index in [0.29, 0.717) is 19.3 Å². The fourth-order valence-corrected chi connectivity index (χ4v) is 6.85. The van der Waals surface area contributed by atoms with Gasteiger partial charge in [-0.15, -0.1) is 0 Å². The highest BCUT2D eigenvalue weighted by Gasteiger charge is 2.19. The van der Waals surface area contributed by atoms with Crippen LogP contribution in [0.5, 0.6) is 0 Å². The van der Waals surface area contributed by atoms with Crippen LogP contribution < -0.4 is 0 Å². The highest BCUT2D eigenvalue weighted by molar-refractivity contribution is 5.71. The summed E-state index contributed by atoms with van der Waals surface area (Å²) in [5.41, 5.74) is 0. The van der Waals surface area contributed by atoms with Crippen LogP contribution in [-0.4, -0.2) is 37.2 Å². The molecule has 0 saturated heterocycles. The monoisotopic (exact) mass is 737 g/mol. The minimum atomic E-state index is -0.757. The molecule has 0 aromatic carbocycles. The number of hydrogen-bond donors (Lipinski definition) is 0. The summed E-state index contributed by atoms with van der Waals surface area (Å²) < 4.78 is 16.7. The second-order valence-electron chi connectivity index (χ2n) is 15.7. The van der Waals surface area contributed by atoms with Crippen LogP contribution in [-0.2, 0) is 28.6 Å². The maximum Gasteiger partial charge on any atom is 0.306 e. The van der Waals surface area contributed by atoms with Gasteiger partial charge in [0.15, 0.2) is 6.10 Å². The Balaban J connectivity index is 4.32. The molecule has 52 heavy (non-hydrogen) atoms. The molecular weight excluding hydrogens is 648 g/mol. The summed E-state index contributed by atoms with van der Waals surface area (Å²) in [6.07, 6.45) is 42.2. The van der Waals surface area contributed by atoms with Gasteiger partial charge in [-0.3, -0.25) is 14.4 Å². The molecule has 0 aromatic heterocycles. The first-order valence-corrected chi connectivity index (χ1v) is 23.0. The third-order valence-electron chi connectivity index (χ3n) is 10.4. The molecule has 0 spiro atoms. The van der Waals surface area contributed by atoms with Gasteiger partial charge in [-0.05, 0) is 19.3 Å². The van der Waals surface area contributed by atoms with Crippen molar-refractivity contribution in [2.24, 2.45) is 0 Å². The van der Waals surface area contributed by atoms with Crippen LogP contribution in [0.2, 0.25) is 0 Å². The number of hydrogen-bond acceptors (Lipinski definition) is 6. The van der Waals surface area contributed by atoms with Gasteiger partial charge in [-0.1, -0.05) is 220 Å². The van der Waals surface area contributed by atoms with Gasteiger partial charge < -0.3 is 14.2 Å². The predicted octanol–water partition coefficient (Wildman–Crippen LogP) is 14.5. The van der Waals surface area contributed by atoms with Crippen LogP contribution in [0.1, 0.15) is 258 Å². The van der Waals surface area contributed by atoms with Crippen LogP contribution in [0.15, 0.2) is 0 Å². The van der Waals surface area contributed by atoms with Crippen LogP contribution in [0.3, 0.4) is 0 Å². The fraction of sp³-hybridized carbons (Fsp3) is 0.935. The van der Waals surface area contributed by atoms with E-state index in [0.717, 1.165) is 57.8 Å². The van der Waals surface area contributed by atoms with Crippen molar-refractivity contribution in [2.75, 3.05) is 13.2 Å². The first-order chi connectivity index (χ1) is 25.5. The summed E-state index contributed by atoms with van der Waals surface area (Å²) in [5, 5.41) is 0. The van der Waals surface area contributed by atoms with E-state index in [1.54, 1.807) is 0 Å². The fourth-order valence-electron chi connectivity index (χ4n) is 6.85. The normalized spacial score (nSPS) is 11.8. The van der Waals surface area contributed by atoms with E-state index in [2.05, 4.69) is 20.8 Å². The summed E-state index contributed by atoms with van der Waals surface area (Å²) in [6, 6.07) is 0. The summed E-state index contributed by atoms with van der Waals surface area (Å²) in [6.45, 7) is 6.64. The molecule has 0 bridgehead atoms. The van der Waals surface area contributed by atoms with Gasteiger partial charge in [0.05, 0.1) is 0 Å². The minimum Gasteiger partial charge on any atom is -0.462 e. The lowest BCUT2D eigenvalue weighted by molar-refractivity contribution is -0.167. The maximum absolute atomic E-state index is 12.7. The van der Waals surface area contributed by atoms with Crippen molar-refractivity contribution in [3.63, 3.8) is 0 Å². The van der Waals surface area contributed by atoms with Crippen LogP contribution in [0, 0.1) is 0 Å². The van der Waals surface area contributed by atoms with Gasteiger partial charge in [0.1, 0.15) is 13.2 Å². The lowest BCUT2D eigenvalue weighted by Crippen LogP contribution is -2.30. The number of ether oxygens (including phenoxy) is 3. The lowest BCUT2D eigenvalue weighted by Gasteiger charge is -2.18. The third-order valence-corrected chi connectivity index (χ3v) is 10.4. The van der Waals surface area contributed by atoms with Crippen LogP contribution in [0.4, 0.5) is 0 Å². The molecule has 0 aliphatic rings. The zero-order valence-electron chi connectivity index (χ0n) is 35.1. The van der Waals surface area contributed by atoms with E-state index in [1.165, 1.54) is 161 Å². The Morgan fingerprint density at radius 2 is 0.519 bits per heavy atom. The van der Waals surface area contributed by atoms with Crippen molar-refractivity contribution in [2.45, 2.75) is 264 Å². The van der Waals surface area contributed by atoms with Crippen LogP contribution >= 0.6 is 0 Å². The Bertz CT molecular complexity index is 768. The Hall–Kier alpha value is -1.59. The molecule has 0 aliphatic heterocycles. The third kappa shape index (κ3) is 39.6. The lowest BCUT2D eigenvalue weighted by atomic mass is 10.0. The van der Waals surface area contributed by atoms with Gasteiger partial charge in [-0.25, -0.2) is 0 Å². The smallest absolute Gasteiger partial charge is 0.306 e. The average Bonchev–Trinajstić information content (AvgIpc) is 3.14. The Morgan fingerprint density at radius 3 is 0.769 bits per heavy atom. The number of rotatable bonds is 42. The highest BCUT2D eigenvalue weighted by Crippen LogP contribution is 2.16. The van der Waals surface area contributed by atoms with Crippen molar-refractivity contribution in [1.82, 2.24) is 0 Å². The van der Waals surface area contributed by atoms with Gasteiger partial charge in [0.25, 0.3) is 0 Å². The van der Waals surface area contributed by atoms with Crippen molar-refractivity contribution in [3.05, 3.63) is 0 Å². The Kier molecular flexibility index (Phi) is 40.9. The molecule has 308 valence electrons. The molecule has 0 heterocycles. The van der Waals surface area contributed by atoms with E-state index in [9.17, 15) is 14.4 Å². The molecule has 0 aromatic rings. The second kappa shape index (κ2) is 42.2. The zero-order valence-corrected chi connectivity index (χ0v) is 35.1. The summed E-state index contributed by atoms with van der Waals surface area (Å²) in [7, 11) is 0. The van der Waals surface area contributed by atoms with Gasteiger partial charge in [0, 0.05) is 19.3 Å². The van der Waals surface area contributed by atoms with Crippen molar-refractivity contribution < 1.29 is 28.6 Å². The van der Waals surface area contributed by atoms with Gasteiger partial charge >= 0.3 is 17.9 Å². The first-order valence-electron chi connectivity index (χ1n) is 23.0. The van der Waals surface area contributed by atoms with E-state index < -0.39 is 6.10 Å². The Morgan fingerprint density at radius 1 is 0.308 bits per heavy atom. The average molecular weight is 737 g/mol. The molecule has 6 heteroatoms. The van der Waals surface area contributed by atoms with Gasteiger partial charge in [0.2, 0.25) is 0 Å². The maximum atomic E-state index is 12.7. The largest absolute Gasteiger partial charge is 0.462 e. The molecule has 0 radical (unpaired) electrons. The molecule has 0 unspecified atom stereocenters. The van der Waals surface area contributed by atoms with E-state index in [-0.39, 0.29) is 31.1 Å². The van der Waals surface area contributed by atoms with Crippen LogP contribution in [0.25, 0.3) is 0 Å². The number of carbonyl (C=O) groups is 3. The van der Waals surface area contributed by atoms with E-state index in [1.807, 2.05) is 0 Å². The summed E-state index contributed by atoms with van der Waals surface area (Å²) >= 11 is 0. The molecular formula is C46H88O6.